The highest BCUT2D eigenvalue weighted by Crippen LogP contribution is 2.28. The maximum atomic E-state index is 5.71. The molecule has 15 heavy (non-hydrogen) atoms. The van der Waals surface area contributed by atoms with Gasteiger partial charge >= 0.3 is 0 Å². The van der Waals surface area contributed by atoms with Crippen LogP contribution in [0.2, 0.25) is 5.15 Å². The second-order valence-electron chi connectivity index (χ2n) is 3.67. The lowest BCUT2D eigenvalue weighted by molar-refractivity contribution is 0.134. The average molecular weight is 228 g/mol. The van der Waals surface area contributed by atoms with E-state index in [1.54, 1.807) is 6.07 Å². The molecule has 0 unspecified atom stereocenters. The van der Waals surface area contributed by atoms with E-state index in [1.807, 2.05) is 0 Å². The van der Waals surface area contributed by atoms with E-state index in [1.165, 1.54) is 19.2 Å². The van der Waals surface area contributed by atoms with E-state index in [9.17, 15) is 0 Å². The molecule has 1 heterocycles. The fourth-order valence-corrected chi connectivity index (χ4v) is 1.36. The largest absolute Gasteiger partial charge is 0.379 e. The molecule has 5 heteroatoms. The lowest BCUT2D eigenvalue weighted by Crippen LogP contribution is -2.11. The van der Waals surface area contributed by atoms with E-state index >= 15 is 0 Å². The molecule has 0 radical (unpaired) electrons. The second kappa shape index (κ2) is 5.28. The summed E-state index contributed by atoms with van der Waals surface area (Å²) in [4.78, 5) is 7.82. The van der Waals surface area contributed by atoms with Gasteiger partial charge in [-0.1, -0.05) is 11.6 Å². The highest BCUT2D eigenvalue weighted by Gasteiger charge is 2.20. The summed E-state index contributed by atoms with van der Waals surface area (Å²) in [7, 11) is 0. The van der Waals surface area contributed by atoms with Crippen LogP contribution in [0.25, 0.3) is 0 Å². The summed E-state index contributed by atoms with van der Waals surface area (Å²) in [5.74, 6) is 1.56. The van der Waals surface area contributed by atoms with Crippen LogP contribution in [0.15, 0.2) is 12.4 Å². The second-order valence-corrected chi connectivity index (χ2v) is 4.06. The van der Waals surface area contributed by atoms with Crippen molar-refractivity contribution in [2.45, 2.75) is 12.8 Å². The lowest BCUT2D eigenvalue weighted by Gasteiger charge is -2.05. The summed E-state index contributed by atoms with van der Waals surface area (Å²) in [6.45, 7) is 2.35. The molecule has 2 rings (SSSR count). The topological polar surface area (TPSA) is 47.0 Å². The fraction of sp³-hybridized carbons (Fsp3) is 0.600. The maximum Gasteiger partial charge on any atom is 0.134 e. The Balaban J connectivity index is 1.60. The number of aromatic nitrogens is 2. The van der Waals surface area contributed by atoms with Gasteiger partial charge in [0.15, 0.2) is 0 Å². The summed E-state index contributed by atoms with van der Waals surface area (Å²) in [5, 5.41) is 3.57. The van der Waals surface area contributed by atoms with Crippen molar-refractivity contribution in [3.8, 4) is 0 Å². The van der Waals surface area contributed by atoms with Crippen molar-refractivity contribution < 1.29 is 4.74 Å². The highest BCUT2D eigenvalue weighted by atomic mass is 35.5. The van der Waals surface area contributed by atoms with E-state index in [0.29, 0.717) is 11.8 Å². The van der Waals surface area contributed by atoms with E-state index in [-0.39, 0.29) is 0 Å². The molecule has 0 spiro atoms. The predicted molar refractivity (Wildman–Crippen MR) is 59.1 cm³/mol. The third-order valence-corrected chi connectivity index (χ3v) is 2.44. The van der Waals surface area contributed by atoms with Crippen LogP contribution >= 0.6 is 11.6 Å². The van der Waals surface area contributed by atoms with Crippen molar-refractivity contribution in [3.63, 3.8) is 0 Å². The van der Waals surface area contributed by atoms with Crippen LogP contribution in [-0.2, 0) is 4.74 Å². The van der Waals surface area contributed by atoms with E-state index < -0.39 is 0 Å². The van der Waals surface area contributed by atoms with Crippen LogP contribution < -0.4 is 5.32 Å². The minimum atomic E-state index is 0.450. The van der Waals surface area contributed by atoms with Gasteiger partial charge in [0.1, 0.15) is 17.3 Å². The Morgan fingerprint density at radius 1 is 1.47 bits per heavy atom. The van der Waals surface area contributed by atoms with E-state index in [2.05, 4.69) is 15.3 Å². The van der Waals surface area contributed by atoms with Crippen molar-refractivity contribution >= 4 is 17.4 Å². The zero-order valence-electron chi connectivity index (χ0n) is 8.45. The first-order valence-corrected chi connectivity index (χ1v) is 5.51. The third kappa shape index (κ3) is 4.01. The number of anilines is 1. The number of ether oxygens (including phenoxy) is 1. The van der Waals surface area contributed by atoms with Crippen LogP contribution in [0.4, 0.5) is 5.82 Å². The number of rotatable bonds is 6. The molecule has 1 saturated carbocycles. The van der Waals surface area contributed by atoms with Gasteiger partial charge in [-0.2, -0.15) is 0 Å². The first-order valence-electron chi connectivity index (χ1n) is 5.14. The molecule has 0 aliphatic heterocycles. The Labute approximate surface area is 94.0 Å². The van der Waals surface area contributed by atoms with Crippen LogP contribution in [-0.4, -0.2) is 29.7 Å². The van der Waals surface area contributed by atoms with Crippen molar-refractivity contribution in [1.82, 2.24) is 9.97 Å². The van der Waals surface area contributed by atoms with Crippen molar-refractivity contribution in [3.05, 3.63) is 17.5 Å². The Kier molecular flexibility index (Phi) is 3.75. The van der Waals surface area contributed by atoms with E-state index in [0.717, 1.165) is 24.9 Å². The monoisotopic (exact) mass is 227 g/mol. The van der Waals surface area contributed by atoms with Gasteiger partial charge in [0.05, 0.1) is 6.61 Å². The van der Waals surface area contributed by atoms with Crippen LogP contribution in [0.3, 0.4) is 0 Å². The number of nitrogens with zero attached hydrogens (tertiary/aromatic N) is 2. The highest BCUT2D eigenvalue weighted by molar-refractivity contribution is 6.29. The molecule has 4 nitrogen and oxygen atoms in total. The Bertz CT molecular complexity index is 317. The average Bonchev–Trinajstić information content (AvgIpc) is 3.01. The van der Waals surface area contributed by atoms with Crippen molar-refractivity contribution in [1.29, 1.82) is 0 Å². The van der Waals surface area contributed by atoms with Gasteiger partial charge in [0, 0.05) is 19.2 Å². The Morgan fingerprint density at radius 3 is 3.07 bits per heavy atom. The quantitative estimate of drug-likeness (QED) is 0.596. The van der Waals surface area contributed by atoms with Gasteiger partial charge in [-0.05, 0) is 18.8 Å². The predicted octanol–water partition coefficient (Wildman–Crippen LogP) is 1.97. The maximum absolute atomic E-state index is 5.71. The molecule has 82 valence electrons. The Morgan fingerprint density at radius 2 is 2.33 bits per heavy atom. The van der Waals surface area contributed by atoms with Gasteiger partial charge in [-0.15, -0.1) is 0 Å². The molecule has 0 amide bonds. The summed E-state index contributed by atoms with van der Waals surface area (Å²) in [6.07, 6.45) is 4.10. The van der Waals surface area contributed by atoms with Crippen molar-refractivity contribution in [2.24, 2.45) is 5.92 Å². The summed E-state index contributed by atoms with van der Waals surface area (Å²) < 4.78 is 5.47. The lowest BCUT2D eigenvalue weighted by atomic mass is 10.5. The molecular formula is C10H14ClN3O. The molecule has 1 fully saturated rings. The molecule has 0 aromatic carbocycles. The molecule has 1 aliphatic carbocycles. The van der Waals surface area contributed by atoms with Crippen LogP contribution in [0.1, 0.15) is 12.8 Å². The van der Waals surface area contributed by atoms with Gasteiger partial charge in [0.25, 0.3) is 0 Å². The van der Waals surface area contributed by atoms with Gasteiger partial charge in [-0.25, -0.2) is 9.97 Å². The smallest absolute Gasteiger partial charge is 0.134 e. The minimum Gasteiger partial charge on any atom is -0.379 e. The minimum absolute atomic E-state index is 0.450. The number of hydrogen-bond donors (Lipinski definition) is 1. The van der Waals surface area contributed by atoms with Crippen molar-refractivity contribution in [2.75, 3.05) is 25.1 Å². The molecule has 1 aromatic rings. The molecule has 1 aliphatic rings. The van der Waals surface area contributed by atoms with Gasteiger partial charge in [0.2, 0.25) is 0 Å². The summed E-state index contributed by atoms with van der Waals surface area (Å²) in [5.41, 5.74) is 0. The fourth-order valence-electron chi connectivity index (χ4n) is 1.22. The Hall–Kier alpha value is -0.870. The molecule has 0 atom stereocenters. The molecule has 0 saturated heterocycles. The van der Waals surface area contributed by atoms with E-state index in [4.69, 9.17) is 16.3 Å². The SMILES string of the molecule is Clc1cc(NCCOCC2CC2)ncn1. The number of nitrogens with one attached hydrogen (secondary N) is 1. The number of halogens is 1. The molecule has 1 aromatic heterocycles. The summed E-state index contributed by atoms with van der Waals surface area (Å²) >= 11 is 5.71. The summed E-state index contributed by atoms with van der Waals surface area (Å²) in [6, 6.07) is 1.70. The molecule has 0 bridgehead atoms. The zero-order valence-corrected chi connectivity index (χ0v) is 9.20. The first kappa shape index (κ1) is 10.6. The van der Waals surface area contributed by atoms with Crippen LogP contribution in [0.5, 0.6) is 0 Å². The van der Waals surface area contributed by atoms with Crippen LogP contribution in [0, 0.1) is 5.92 Å². The molecular weight excluding hydrogens is 214 g/mol. The normalized spacial score (nSPS) is 15.3. The standard InChI is InChI=1S/C10H14ClN3O/c11-9-5-10(14-7-13-9)12-3-4-15-6-8-1-2-8/h5,7-8H,1-4,6H2,(H,12,13,14). The van der Waals surface area contributed by atoms with Gasteiger partial charge < -0.3 is 10.1 Å². The number of hydrogen-bond acceptors (Lipinski definition) is 4. The zero-order chi connectivity index (χ0) is 10.5. The van der Waals surface area contributed by atoms with Gasteiger partial charge in [-0.3, -0.25) is 0 Å². The molecule has 1 N–H and O–H groups in total. The first-order chi connectivity index (χ1) is 7.34. The third-order valence-electron chi connectivity index (χ3n) is 2.24.